The van der Waals surface area contributed by atoms with E-state index in [-0.39, 0.29) is 17.5 Å². The van der Waals surface area contributed by atoms with Crippen molar-refractivity contribution in [3.8, 4) is 5.75 Å². The zero-order valence-corrected chi connectivity index (χ0v) is 17.2. The van der Waals surface area contributed by atoms with Gasteiger partial charge in [0.05, 0.1) is 11.2 Å². The lowest BCUT2D eigenvalue weighted by Gasteiger charge is -2.30. The van der Waals surface area contributed by atoms with Gasteiger partial charge in [0.15, 0.2) is 6.29 Å². The molecule has 0 bridgehead atoms. The topological polar surface area (TPSA) is 57.9 Å². The van der Waals surface area contributed by atoms with Crippen LogP contribution in [0.3, 0.4) is 0 Å². The SMILES string of the molecule is [CH2]c1cc(=O)oc2cc(OCc3ccc(C4OC(C)(C)C(C)(C)O4)cc3)ccc12. The molecule has 0 saturated carbocycles. The van der Waals surface area contributed by atoms with Gasteiger partial charge in [0.2, 0.25) is 0 Å². The Bertz CT molecular complexity index is 1080. The first-order valence-electron chi connectivity index (χ1n) is 9.62. The predicted molar refractivity (Wildman–Crippen MR) is 111 cm³/mol. The molecule has 0 N–H and O–H groups in total. The molecule has 0 aliphatic carbocycles. The van der Waals surface area contributed by atoms with Crippen molar-refractivity contribution in [2.45, 2.75) is 51.8 Å². The Labute approximate surface area is 170 Å². The van der Waals surface area contributed by atoms with Gasteiger partial charge in [-0.3, -0.25) is 0 Å². The lowest BCUT2D eigenvalue weighted by Crippen LogP contribution is -2.41. The number of ether oxygens (including phenoxy) is 3. The zero-order valence-electron chi connectivity index (χ0n) is 17.2. The number of hydrogen-bond donors (Lipinski definition) is 0. The quantitative estimate of drug-likeness (QED) is 0.573. The van der Waals surface area contributed by atoms with Gasteiger partial charge in [-0.15, -0.1) is 0 Å². The lowest BCUT2D eigenvalue weighted by atomic mass is 9.90. The molecule has 1 aliphatic heterocycles. The molecule has 1 saturated heterocycles. The largest absolute Gasteiger partial charge is 0.489 e. The Hall–Kier alpha value is -2.63. The Balaban J connectivity index is 1.45. The van der Waals surface area contributed by atoms with E-state index in [0.29, 0.717) is 23.5 Å². The molecule has 0 atom stereocenters. The maximum absolute atomic E-state index is 11.5. The molecule has 1 radical (unpaired) electrons. The van der Waals surface area contributed by atoms with Gasteiger partial charge < -0.3 is 18.6 Å². The van der Waals surface area contributed by atoms with Gasteiger partial charge in [-0.1, -0.05) is 24.3 Å². The van der Waals surface area contributed by atoms with Gasteiger partial charge >= 0.3 is 5.63 Å². The maximum Gasteiger partial charge on any atom is 0.336 e. The first-order chi connectivity index (χ1) is 13.6. The van der Waals surface area contributed by atoms with Crippen LogP contribution in [0.2, 0.25) is 0 Å². The average Bonchev–Trinajstić information content (AvgIpc) is 2.87. The minimum Gasteiger partial charge on any atom is -0.489 e. The van der Waals surface area contributed by atoms with Gasteiger partial charge in [0.25, 0.3) is 0 Å². The molecule has 2 aromatic carbocycles. The Kier molecular flexibility index (Phi) is 4.75. The second kappa shape index (κ2) is 7.01. The van der Waals surface area contributed by atoms with Crippen LogP contribution in [0.15, 0.2) is 57.7 Å². The molecule has 151 valence electrons. The van der Waals surface area contributed by atoms with Crippen LogP contribution in [0.5, 0.6) is 5.75 Å². The molecule has 2 heterocycles. The van der Waals surface area contributed by atoms with E-state index in [9.17, 15) is 4.79 Å². The van der Waals surface area contributed by atoms with Crippen LogP contribution in [0.25, 0.3) is 11.0 Å². The Morgan fingerprint density at radius 3 is 2.28 bits per heavy atom. The van der Waals surface area contributed by atoms with Crippen molar-refractivity contribution in [3.05, 3.63) is 82.6 Å². The number of fused-ring (bicyclic) bond motifs is 1. The molecule has 1 aromatic heterocycles. The molecule has 29 heavy (non-hydrogen) atoms. The summed E-state index contributed by atoms with van der Waals surface area (Å²) in [6, 6.07) is 14.8. The Morgan fingerprint density at radius 2 is 1.62 bits per heavy atom. The standard InChI is InChI=1S/C24H25O5/c1-15-12-21(25)27-20-13-18(10-11-19(15)20)26-14-16-6-8-17(9-7-16)22-28-23(2,3)24(4,5)29-22/h6-13,22H,1,14H2,2-5H3. The summed E-state index contributed by atoms with van der Waals surface area (Å²) < 4.78 is 23.3. The minimum absolute atomic E-state index is 0.363. The van der Waals surface area contributed by atoms with E-state index in [0.717, 1.165) is 16.5 Å². The monoisotopic (exact) mass is 393 g/mol. The first-order valence-corrected chi connectivity index (χ1v) is 9.62. The minimum atomic E-state index is -0.419. The van der Waals surface area contributed by atoms with E-state index in [4.69, 9.17) is 18.6 Å². The first kappa shape index (κ1) is 19.7. The second-order valence-electron chi connectivity index (χ2n) is 8.37. The number of rotatable bonds is 4. The predicted octanol–water partition coefficient (Wildman–Crippen LogP) is 5.16. The van der Waals surface area contributed by atoms with Crippen molar-refractivity contribution in [3.63, 3.8) is 0 Å². The maximum atomic E-state index is 11.5. The van der Waals surface area contributed by atoms with Crippen LogP contribution >= 0.6 is 0 Å². The van der Waals surface area contributed by atoms with Crippen molar-refractivity contribution in [2.75, 3.05) is 0 Å². The molecule has 4 rings (SSSR count). The van der Waals surface area contributed by atoms with Crippen molar-refractivity contribution >= 4 is 11.0 Å². The summed E-state index contributed by atoms with van der Waals surface area (Å²) in [7, 11) is 0. The fourth-order valence-corrected chi connectivity index (χ4v) is 3.22. The van der Waals surface area contributed by atoms with E-state index in [1.807, 2.05) is 64.1 Å². The molecule has 1 fully saturated rings. The van der Waals surface area contributed by atoms with Crippen LogP contribution in [0.4, 0.5) is 0 Å². The van der Waals surface area contributed by atoms with Crippen LogP contribution in [-0.4, -0.2) is 11.2 Å². The van der Waals surface area contributed by atoms with E-state index in [2.05, 4.69) is 6.92 Å². The van der Waals surface area contributed by atoms with Gasteiger partial charge in [-0.25, -0.2) is 4.79 Å². The zero-order chi connectivity index (χ0) is 20.8. The van der Waals surface area contributed by atoms with Gasteiger partial charge in [0, 0.05) is 23.1 Å². The normalized spacial score (nSPS) is 18.2. The summed E-state index contributed by atoms with van der Waals surface area (Å²) in [5.41, 5.74) is 1.95. The molecule has 5 nitrogen and oxygen atoms in total. The second-order valence-corrected chi connectivity index (χ2v) is 8.37. The fourth-order valence-electron chi connectivity index (χ4n) is 3.22. The molecule has 0 spiro atoms. The average molecular weight is 393 g/mol. The number of hydrogen-bond acceptors (Lipinski definition) is 5. The summed E-state index contributed by atoms with van der Waals surface area (Å²) >= 11 is 0. The van der Waals surface area contributed by atoms with Crippen LogP contribution in [0, 0.1) is 6.92 Å². The molecular weight excluding hydrogens is 368 g/mol. The van der Waals surface area contributed by atoms with Gasteiger partial charge in [-0.2, -0.15) is 0 Å². The molecular formula is C24H25O5. The summed E-state index contributed by atoms with van der Waals surface area (Å²) in [6.07, 6.45) is -0.379. The third-order valence-corrected chi connectivity index (χ3v) is 5.71. The molecule has 3 aromatic rings. The molecule has 0 amide bonds. The fraction of sp³-hybridized carbons (Fsp3) is 0.333. The van der Waals surface area contributed by atoms with Crippen molar-refractivity contribution in [1.82, 2.24) is 0 Å². The molecule has 1 aliphatic rings. The summed E-state index contributed by atoms with van der Waals surface area (Å²) in [6.45, 7) is 12.4. The third kappa shape index (κ3) is 3.80. The van der Waals surface area contributed by atoms with E-state index in [1.54, 1.807) is 6.07 Å². The van der Waals surface area contributed by atoms with E-state index in [1.165, 1.54) is 6.07 Å². The summed E-state index contributed by atoms with van der Waals surface area (Å²) in [5.74, 6) is 0.626. The summed E-state index contributed by atoms with van der Waals surface area (Å²) in [5, 5.41) is 0.795. The van der Waals surface area contributed by atoms with Gasteiger partial charge in [0.1, 0.15) is 17.9 Å². The highest BCUT2D eigenvalue weighted by molar-refractivity contribution is 5.82. The van der Waals surface area contributed by atoms with E-state index >= 15 is 0 Å². The van der Waals surface area contributed by atoms with Crippen molar-refractivity contribution in [1.29, 1.82) is 0 Å². The lowest BCUT2D eigenvalue weighted by molar-refractivity contribution is -0.0895. The molecule has 5 heteroatoms. The highest BCUT2D eigenvalue weighted by Crippen LogP contribution is 2.44. The van der Waals surface area contributed by atoms with Crippen LogP contribution in [0.1, 0.15) is 50.7 Å². The van der Waals surface area contributed by atoms with Crippen LogP contribution in [-0.2, 0) is 16.1 Å². The third-order valence-electron chi connectivity index (χ3n) is 5.71. The highest BCUT2D eigenvalue weighted by Gasteiger charge is 2.49. The highest BCUT2D eigenvalue weighted by atomic mass is 16.7. The van der Waals surface area contributed by atoms with Crippen molar-refractivity contribution in [2.24, 2.45) is 0 Å². The Morgan fingerprint density at radius 1 is 0.966 bits per heavy atom. The number of benzene rings is 2. The smallest absolute Gasteiger partial charge is 0.336 e. The van der Waals surface area contributed by atoms with Crippen molar-refractivity contribution < 1.29 is 18.6 Å². The molecule has 0 unspecified atom stereocenters. The van der Waals surface area contributed by atoms with E-state index < -0.39 is 5.63 Å². The van der Waals surface area contributed by atoms with Crippen LogP contribution < -0.4 is 10.4 Å². The van der Waals surface area contributed by atoms with Gasteiger partial charge in [-0.05, 0) is 57.9 Å². The summed E-state index contributed by atoms with van der Waals surface area (Å²) in [4.78, 5) is 11.5.